The molecular weight excluding hydrogens is 539 g/mol. The normalized spacial score (nSPS) is 12.6. The highest BCUT2D eigenvalue weighted by molar-refractivity contribution is 8.00. The minimum absolute atomic E-state index is 0.0738. The van der Waals surface area contributed by atoms with Gasteiger partial charge in [0.05, 0.1) is 4.75 Å². The number of aromatic nitrogens is 3. The highest BCUT2D eigenvalue weighted by atomic mass is 35.5. The number of anilines is 1. The maximum Gasteiger partial charge on any atom is 0.330 e. The van der Waals surface area contributed by atoms with Gasteiger partial charge in [-0.3, -0.25) is 0 Å². The van der Waals surface area contributed by atoms with Crippen LogP contribution in [0.3, 0.4) is 0 Å². The molecule has 0 bridgehead atoms. The minimum atomic E-state index is -0.815. The Labute approximate surface area is 237 Å². The predicted octanol–water partition coefficient (Wildman–Crippen LogP) is 7.03. The Hall–Kier alpha value is -3.13. The second kappa shape index (κ2) is 12.2. The Balaban J connectivity index is 1.79. The SMILES string of the molecule is CC(C)(C)OC(=O)[C@H](CSC(c1ccccc1)(c1ccccc1)c1ccccc1)Nc1nc(Cl)nc(Cl)n1. The van der Waals surface area contributed by atoms with Gasteiger partial charge >= 0.3 is 5.97 Å². The summed E-state index contributed by atoms with van der Waals surface area (Å²) in [6.45, 7) is 5.48. The number of carbonyl (C=O) groups is 1. The standard InChI is InChI=1S/C29H28Cl2N4O2S/c1-28(2,3)37-24(36)23(32-27-34-25(30)33-26(31)35-27)19-38-29(20-13-7-4-8-14-20,21-15-9-5-10-16-21)22-17-11-6-12-18-22/h4-18,23H,19H2,1-3H3,(H,32,33,34,35)/t23-/m0/s1. The largest absolute Gasteiger partial charge is 0.458 e. The van der Waals surface area contributed by atoms with Crippen molar-refractivity contribution in [2.75, 3.05) is 11.1 Å². The van der Waals surface area contributed by atoms with Gasteiger partial charge in [0.25, 0.3) is 0 Å². The maximum atomic E-state index is 13.4. The molecule has 38 heavy (non-hydrogen) atoms. The molecule has 1 N–H and O–H groups in total. The minimum Gasteiger partial charge on any atom is -0.458 e. The number of carbonyl (C=O) groups excluding carboxylic acids is 1. The van der Waals surface area contributed by atoms with Gasteiger partial charge in [0, 0.05) is 5.75 Å². The Morgan fingerprint density at radius 1 is 0.789 bits per heavy atom. The lowest BCUT2D eigenvalue weighted by molar-refractivity contribution is -0.155. The zero-order chi connectivity index (χ0) is 27.2. The third-order valence-electron chi connectivity index (χ3n) is 5.58. The Morgan fingerprint density at radius 3 is 1.61 bits per heavy atom. The number of nitrogens with zero attached hydrogens (tertiary/aromatic N) is 3. The number of nitrogens with one attached hydrogen (secondary N) is 1. The number of benzene rings is 3. The van der Waals surface area contributed by atoms with E-state index in [1.807, 2.05) is 75.4 Å². The third kappa shape index (κ3) is 6.84. The monoisotopic (exact) mass is 566 g/mol. The van der Waals surface area contributed by atoms with Crippen LogP contribution in [-0.4, -0.2) is 38.3 Å². The molecule has 3 aromatic carbocycles. The van der Waals surface area contributed by atoms with Crippen LogP contribution in [-0.2, 0) is 14.3 Å². The predicted molar refractivity (Wildman–Crippen MR) is 155 cm³/mol. The van der Waals surface area contributed by atoms with E-state index in [-0.39, 0.29) is 16.5 Å². The first-order valence-electron chi connectivity index (χ1n) is 12.0. The van der Waals surface area contributed by atoms with E-state index < -0.39 is 22.4 Å². The summed E-state index contributed by atoms with van der Waals surface area (Å²) in [5.74, 6) is -0.0361. The van der Waals surface area contributed by atoms with E-state index in [0.717, 1.165) is 16.7 Å². The van der Waals surface area contributed by atoms with E-state index >= 15 is 0 Å². The summed E-state index contributed by atoms with van der Waals surface area (Å²) >= 11 is 13.6. The lowest BCUT2D eigenvalue weighted by Gasteiger charge is -2.36. The van der Waals surface area contributed by atoms with Crippen LogP contribution < -0.4 is 5.32 Å². The summed E-state index contributed by atoms with van der Waals surface area (Å²) in [5, 5.41) is 2.94. The molecule has 0 saturated carbocycles. The molecular formula is C29H28Cl2N4O2S. The fraction of sp³-hybridized carbons (Fsp3) is 0.241. The number of esters is 1. The molecule has 1 aromatic heterocycles. The fourth-order valence-electron chi connectivity index (χ4n) is 4.06. The van der Waals surface area contributed by atoms with Crippen molar-refractivity contribution in [1.82, 2.24) is 15.0 Å². The van der Waals surface area contributed by atoms with Crippen LogP contribution >= 0.6 is 35.0 Å². The molecule has 0 amide bonds. The van der Waals surface area contributed by atoms with Gasteiger partial charge in [0.2, 0.25) is 16.5 Å². The molecule has 196 valence electrons. The van der Waals surface area contributed by atoms with E-state index in [0.29, 0.717) is 5.75 Å². The van der Waals surface area contributed by atoms with Crippen molar-refractivity contribution in [2.45, 2.75) is 37.2 Å². The first kappa shape index (κ1) is 27.9. The highest BCUT2D eigenvalue weighted by Gasteiger charge is 2.39. The number of hydrogen-bond acceptors (Lipinski definition) is 7. The van der Waals surface area contributed by atoms with Gasteiger partial charge in [-0.1, -0.05) is 91.0 Å². The van der Waals surface area contributed by atoms with Crippen LogP contribution in [0.2, 0.25) is 10.6 Å². The number of rotatable bonds is 9. The average molecular weight is 568 g/mol. The van der Waals surface area contributed by atoms with Gasteiger partial charge in [0.15, 0.2) is 0 Å². The number of hydrogen-bond donors (Lipinski definition) is 1. The molecule has 0 fully saturated rings. The van der Waals surface area contributed by atoms with Crippen LogP contribution in [0.4, 0.5) is 5.95 Å². The lowest BCUT2D eigenvalue weighted by Crippen LogP contribution is -2.40. The van der Waals surface area contributed by atoms with Crippen molar-refractivity contribution >= 4 is 46.9 Å². The van der Waals surface area contributed by atoms with E-state index in [2.05, 4.69) is 56.7 Å². The highest BCUT2D eigenvalue weighted by Crippen LogP contribution is 2.48. The summed E-state index contributed by atoms with van der Waals surface area (Å²) in [6.07, 6.45) is 0. The van der Waals surface area contributed by atoms with Gasteiger partial charge < -0.3 is 10.1 Å². The molecule has 0 spiro atoms. The van der Waals surface area contributed by atoms with Crippen molar-refractivity contribution < 1.29 is 9.53 Å². The van der Waals surface area contributed by atoms with Gasteiger partial charge in [-0.25, -0.2) is 4.79 Å². The van der Waals surface area contributed by atoms with Crippen LogP contribution in [0, 0.1) is 0 Å². The maximum absolute atomic E-state index is 13.4. The molecule has 1 atom stereocenters. The second-order valence-electron chi connectivity index (χ2n) is 9.52. The number of halogens is 2. The van der Waals surface area contributed by atoms with Gasteiger partial charge in [-0.05, 0) is 60.7 Å². The molecule has 0 aliphatic carbocycles. The Morgan fingerprint density at radius 2 is 1.21 bits per heavy atom. The second-order valence-corrected chi connectivity index (χ2v) is 11.4. The molecule has 1 heterocycles. The molecule has 0 saturated heterocycles. The Bertz CT molecular complexity index is 1240. The summed E-state index contributed by atoms with van der Waals surface area (Å²) in [6, 6.07) is 29.9. The van der Waals surface area contributed by atoms with E-state index in [1.54, 1.807) is 11.8 Å². The van der Waals surface area contributed by atoms with E-state index in [1.165, 1.54) is 0 Å². The van der Waals surface area contributed by atoms with E-state index in [9.17, 15) is 4.79 Å². The summed E-state index contributed by atoms with van der Waals surface area (Å²) < 4.78 is 5.14. The first-order chi connectivity index (χ1) is 18.2. The van der Waals surface area contributed by atoms with Crippen molar-refractivity contribution in [2.24, 2.45) is 0 Å². The fourth-order valence-corrected chi connectivity index (χ4v) is 5.97. The molecule has 0 aliphatic rings. The topological polar surface area (TPSA) is 77.0 Å². The van der Waals surface area contributed by atoms with Crippen molar-refractivity contribution in [1.29, 1.82) is 0 Å². The average Bonchev–Trinajstić information content (AvgIpc) is 2.89. The molecule has 6 nitrogen and oxygen atoms in total. The molecule has 9 heteroatoms. The lowest BCUT2D eigenvalue weighted by atomic mass is 9.84. The summed E-state index contributed by atoms with van der Waals surface area (Å²) in [7, 11) is 0. The van der Waals surface area contributed by atoms with Crippen LogP contribution in [0.5, 0.6) is 0 Å². The quantitative estimate of drug-likeness (QED) is 0.172. The van der Waals surface area contributed by atoms with Crippen LogP contribution in [0.25, 0.3) is 0 Å². The van der Waals surface area contributed by atoms with Crippen molar-refractivity contribution in [3.8, 4) is 0 Å². The molecule has 4 aromatic rings. The molecule has 4 rings (SSSR count). The zero-order valence-electron chi connectivity index (χ0n) is 21.3. The number of thioether (sulfide) groups is 1. The smallest absolute Gasteiger partial charge is 0.330 e. The Kier molecular flexibility index (Phi) is 8.92. The van der Waals surface area contributed by atoms with E-state index in [4.69, 9.17) is 27.9 Å². The van der Waals surface area contributed by atoms with Crippen molar-refractivity contribution in [3.05, 3.63) is 118 Å². The van der Waals surface area contributed by atoms with Crippen LogP contribution in [0.15, 0.2) is 91.0 Å². The van der Waals surface area contributed by atoms with Gasteiger partial charge in [-0.15, -0.1) is 11.8 Å². The van der Waals surface area contributed by atoms with Crippen LogP contribution in [0.1, 0.15) is 37.5 Å². The zero-order valence-corrected chi connectivity index (χ0v) is 23.6. The number of ether oxygens (including phenoxy) is 1. The van der Waals surface area contributed by atoms with Crippen molar-refractivity contribution in [3.63, 3.8) is 0 Å². The summed E-state index contributed by atoms with van der Waals surface area (Å²) in [4.78, 5) is 25.4. The molecule has 0 radical (unpaired) electrons. The van der Waals surface area contributed by atoms with Gasteiger partial charge in [0.1, 0.15) is 11.6 Å². The van der Waals surface area contributed by atoms with Gasteiger partial charge in [-0.2, -0.15) is 15.0 Å². The third-order valence-corrected chi connectivity index (χ3v) is 7.56. The molecule has 0 unspecified atom stereocenters. The summed E-state index contributed by atoms with van der Waals surface area (Å²) in [5.41, 5.74) is 2.55. The molecule has 0 aliphatic heterocycles. The first-order valence-corrected chi connectivity index (χ1v) is 13.8.